The SMILES string of the molecule is COc1ccc(CCNC(=O)CCCc2nnc(-c3ccccc3)o2)cc1. The van der Waals surface area contributed by atoms with E-state index in [0.29, 0.717) is 37.6 Å². The number of amides is 1. The summed E-state index contributed by atoms with van der Waals surface area (Å²) in [6, 6.07) is 17.5. The Balaban J connectivity index is 1.35. The Labute approximate surface area is 158 Å². The van der Waals surface area contributed by atoms with Gasteiger partial charge in [0.25, 0.3) is 0 Å². The van der Waals surface area contributed by atoms with Gasteiger partial charge in [-0.2, -0.15) is 0 Å². The van der Waals surface area contributed by atoms with Gasteiger partial charge < -0.3 is 14.5 Å². The Hall–Kier alpha value is -3.15. The third-order valence-corrected chi connectivity index (χ3v) is 4.18. The van der Waals surface area contributed by atoms with E-state index in [1.54, 1.807) is 7.11 Å². The van der Waals surface area contributed by atoms with Crippen molar-refractivity contribution in [3.63, 3.8) is 0 Å². The number of carbonyl (C=O) groups is 1. The lowest BCUT2D eigenvalue weighted by molar-refractivity contribution is -0.121. The molecule has 0 aliphatic carbocycles. The summed E-state index contributed by atoms with van der Waals surface area (Å²) in [6.45, 7) is 0.615. The summed E-state index contributed by atoms with van der Waals surface area (Å²) in [5.74, 6) is 1.93. The van der Waals surface area contributed by atoms with E-state index in [9.17, 15) is 4.79 Å². The molecule has 6 heteroatoms. The van der Waals surface area contributed by atoms with Crippen LogP contribution in [-0.4, -0.2) is 29.8 Å². The van der Waals surface area contributed by atoms with Crippen molar-refractivity contribution >= 4 is 5.91 Å². The molecule has 1 heterocycles. The third-order valence-electron chi connectivity index (χ3n) is 4.18. The van der Waals surface area contributed by atoms with Crippen LogP contribution in [0, 0.1) is 0 Å². The van der Waals surface area contributed by atoms with Gasteiger partial charge >= 0.3 is 0 Å². The number of nitrogens with zero attached hydrogens (tertiary/aromatic N) is 2. The largest absolute Gasteiger partial charge is 0.497 e. The molecule has 27 heavy (non-hydrogen) atoms. The van der Waals surface area contributed by atoms with Crippen molar-refractivity contribution in [1.82, 2.24) is 15.5 Å². The molecule has 0 atom stereocenters. The molecule has 1 N–H and O–H groups in total. The molecule has 0 unspecified atom stereocenters. The molecular formula is C21H23N3O3. The fourth-order valence-corrected chi connectivity index (χ4v) is 2.68. The molecule has 2 aromatic carbocycles. The Bertz CT molecular complexity index is 845. The van der Waals surface area contributed by atoms with Crippen molar-refractivity contribution < 1.29 is 13.9 Å². The van der Waals surface area contributed by atoms with E-state index >= 15 is 0 Å². The van der Waals surface area contributed by atoms with Crippen LogP contribution >= 0.6 is 0 Å². The molecule has 0 saturated carbocycles. The fourth-order valence-electron chi connectivity index (χ4n) is 2.68. The first-order chi connectivity index (χ1) is 13.2. The summed E-state index contributed by atoms with van der Waals surface area (Å²) in [5, 5.41) is 11.0. The number of aromatic nitrogens is 2. The number of hydrogen-bond acceptors (Lipinski definition) is 5. The molecule has 6 nitrogen and oxygen atoms in total. The number of aryl methyl sites for hydroxylation is 1. The quantitative estimate of drug-likeness (QED) is 0.629. The van der Waals surface area contributed by atoms with Crippen molar-refractivity contribution in [2.45, 2.75) is 25.7 Å². The second kappa shape index (κ2) is 9.52. The number of nitrogens with one attached hydrogen (secondary N) is 1. The maximum atomic E-state index is 12.0. The summed E-state index contributed by atoms with van der Waals surface area (Å²) in [7, 11) is 1.64. The average Bonchev–Trinajstić information content (AvgIpc) is 3.18. The molecule has 0 bridgehead atoms. The van der Waals surface area contributed by atoms with E-state index < -0.39 is 0 Å². The molecule has 3 aromatic rings. The van der Waals surface area contributed by atoms with Crippen LogP contribution in [-0.2, 0) is 17.6 Å². The van der Waals surface area contributed by atoms with Gasteiger partial charge in [0.2, 0.25) is 17.7 Å². The highest BCUT2D eigenvalue weighted by atomic mass is 16.5. The van der Waals surface area contributed by atoms with Crippen LogP contribution in [0.2, 0.25) is 0 Å². The van der Waals surface area contributed by atoms with Crippen LogP contribution in [0.15, 0.2) is 59.0 Å². The first-order valence-corrected chi connectivity index (χ1v) is 9.02. The Morgan fingerprint density at radius 3 is 2.56 bits per heavy atom. The zero-order chi connectivity index (χ0) is 18.9. The highest BCUT2D eigenvalue weighted by molar-refractivity contribution is 5.75. The van der Waals surface area contributed by atoms with Gasteiger partial charge in [0, 0.05) is 24.9 Å². The van der Waals surface area contributed by atoms with E-state index in [0.717, 1.165) is 23.3 Å². The smallest absolute Gasteiger partial charge is 0.247 e. The van der Waals surface area contributed by atoms with Crippen LogP contribution in [0.5, 0.6) is 5.75 Å². The average molecular weight is 365 g/mol. The molecule has 1 aromatic heterocycles. The summed E-state index contributed by atoms with van der Waals surface area (Å²) in [6.07, 6.45) is 2.49. The van der Waals surface area contributed by atoms with Gasteiger partial charge in [-0.3, -0.25) is 4.79 Å². The highest BCUT2D eigenvalue weighted by Gasteiger charge is 2.09. The van der Waals surface area contributed by atoms with Crippen LogP contribution in [0.1, 0.15) is 24.3 Å². The zero-order valence-electron chi connectivity index (χ0n) is 15.4. The standard InChI is InChI=1S/C21H23N3O3/c1-26-18-12-10-16(11-13-18)14-15-22-19(25)8-5-9-20-23-24-21(27-20)17-6-3-2-4-7-17/h2-4,6-7,10-13H,5,8-9,14-15H2,1H3,(H,22,25). The summed E-state index contributed by atoms with van der Waals surface area (Å²) in [5.41, 5.74) is 2.06. The summed E-state index contributed by atoms with van der Waals surface area (Å²) in [4.78, 5) is 12.0. The minimum atomic E-state index is 0.0336. The third kappa shape index (κ3) is 5.67. The number of hydrogen-bond donors (Lipinski definition) is 1. The fraction of sp³-hybridized carbons (Fsp3) is 0.286. The molecular weight excluding hydrogens is 342 g/mol. The second-order valence-electron chi connectivity index (χ2n) is 6.17. The summed E-state index contributed by atoms with van der Waals surface area (Å²) >= 11 is 0. The lowest BCUT2D eigenvalue weighted by atomic mass is 10.1. The molecule has 1 amide bonds. The van der Waals surface area contributed by atoms with Crippen molar-refractivity contribution in [3.05, 3.63) is 66.1 Å². The Morgan fingerprint density at radius 2 is 1.81 bits per heavy atom. The van der Waals surface area contributed by atoms with Gasteiger partial charge in [0.05, 0.1) is 7.11 Å². The normalized spacial score (nSPS) is 10.6. The van der Waals surface area contributed by atoms with Crippen molar-refractivity contribution in [3.8, 4) is 17.2 Å². The minimum absolute atomic E-state index is 0.0336. The molecule has 3 rings (SSSR count). The van der Waals surface area contributed by atoms with Gasteiger partial charge in [-0.15, -0.1) is 10.2 Å². The van der Waals surface area contributed by atoms with Crippen molar-refractivity contribution in [2.24, 2.45) is 0 Å². The van der Waals surface area contributed by atoms with E-state index in [-0.39, 0.29) is 5.91 Å². The number of methoxy groups -OCH3 is 1. The van der Waals surface area contributed by atoms with Crippen molar-refractivity contribution in [2.75, 3.05) is 13.7 Å². The van der Waals surface area contributed by atoms with Crippen LogP contribution in [0.4, 0.5) is 0 Å². The molecule has 0 saturated heterocycles. The van der Waals surface area contributed by atoms with Gasteiger partial charge in [0.1, 0.15) is 5.75 Å². The lowest BCUT2D eigenvalue weighted by Crippen LogP contribution is -2.25. The topological polar surface area (TPSA) is 77.2 Å². The molecule has 140 valence electrons. The predicted octanol–water partition coefficient (Wildman–Crippen LogP) is 3.43. The van der Waals surface area contributed by atoms with E-state index in [1.165, 1.54) is 0 Å². The van der Waals surface area contributed by atoms with Gasteiger partial charge in [-0.25, -0.2) is 0 Å². The Kier molecular flexibility index (Phi) is 6.57. The number of rotatable bonds is 9. The maximum absolute atomic E-state index is 12.0. The number of ether oxygens (including phenoxy) is 1. The monoisotopic (exact) mass is 365 g/mol. The minimum Gasteiger partial charge on any atom is -0.497 e. The lowest BCUT2D eigenvalue weighted by Gasteiger charge is -2.06. The van der Waals surface area contributed by atoms with Gasteiger partial charge in [-0.05, 0) is 42.7 Å². The zero-order valence-corrected chi connectivity index (χ0v) is 15.4. The Morgan fingerprint density at radius 1 is 1.04 bits per heavy atom. The molecule has 0 aliphatic heterocycles. The molecule has 0 aliphatic rings. The number of benzene rings is 2. The van der Waals surface area contributed by atoms with E-state index in [1.807, 2.05) is 54.6 Å². The highest BCUT2D eigenvalue weighted by Crippen LogP contribution is 2.17. The maximum Gasteiger partial charge on any atom is 0.247 e. The van der Waals surface area contributed by atoms with Crippen LogP contribution in [0.25, 0.3) is 11.5 Å². The second-order valence-corrected chi connectivity index (χ2v) is 6.17. The van der Waals surface area contributed by atoms with Crippen molar-refractivity contribution in [1.29, 1.82) is 0 Å². The first kappa shape index (κ1) is 18.6. The van der Waals surface area contributed by atoms with Crippen LogP contribution < -0.4 is 10.1 Å². The molecule has 0 fully saturated rings. The number of carbonyl (C=O) groups excluding carboxylic acids is 1. The van der Waals surface area contributed by atoms with Gasteiger partial charge in [-0.1, -0.05) is 30.3 Å². The van der Waals surface area contributed by atoms with Crippen LogP contribution in [0.3, 0.4) is 0 Å². The van der Waals surface area contributed by atoms with E-state index in [2.05, 4.69) is 15.5 Å². The molecule has 0 spiro atoms. The van der Waals surface area contributed by atoms with E-state index in [4.69, 9.17) is 9.15 Å². The molecule has 0 radical (unpaired) electrons. The summed E-state index contributed by atoms with van der Waals surface area (Å²) < 4.78 is 10.8. The first-order valence-electron chi connectivity index (χ1n) is 9.02. The van der Waals surface area contributed by atoms with Gasteiger partial charge in [0.15, 0.2) is 0 Å². The predicted molar refractivity (Wildman–Crippen MR) is 102 cm³/mol.